The number of para-hydroxylation sites is 2. The molecule has 0 amide bonds. The van der Waals surface area contributed by atoms with Crippen LogP contribution >= 0.6 is 0 Å². The van der Waals surface area contributed by atoms with Crippen molar-refractivity contribution in [3.8, 4) is 50.7 Å². The summed E-state index contributed by atoms with van der Waals surface area (Å²) in [4.78, 5) is 9.89. The molecule has 0 saturated heterocycles. The van der Waals surface area contributed by atoms with E-state index in [1.807, 2.05) is 42.5 Å². The quantitative estimate of drug-likeness (QED) is 0.175. The molecule has 0 aliphatic carbocycles. The Balaban J connectivity index is 1.22. The maximum Gasteiger partial charge on any atom is 0.160 e. The van der Waals surface area contributed by atoms with Gasteiger partial charge in [-0.3, -0.25) is 0 Å². The Hall–Kier alpha value is -7.82. The van der Waals surface area contributed by atoms with Crippen LogP contribution in [0.3, 0.4) is 0 Å². The maximum absolute atomic E-state index is 10.2. The largest absolute Gasteiger partial charge is 0.456 e. The molecule has 0 aliphatic rings. The van der Waals surface area contributed by atoms with Crippen LogP contribution in [0.2, 0.25) is 0 Å². The predicted octanol–water partition coefficient (Wildman–Crippen LogP) is 14.4. The zero-order chi connectivity index (χ0) is 55.6. The van der Waals surface area contributed by atoms with Crippen LogP contribution in [0.15, 0.2) is 204 Å². The first kappa shape index (κ1) is 18.4. The lowest BCUT2D eigenvalue weighted by atomic mass is 9.95. The normalized spacial score (nSPS) is 16.6. The zero-order valence-corrected chi connectivity index (χ0v) is 29.8. The lowest BCUT2D eigenvalue weighted by Crippen LogP contribution is -1.97. The summed E-state index contributed by atoms with van der Waals surface area (Å²) in [5.74, 6) is 0.153. The number of hydrogen-bond donors (Lipinski definition) is 0. The molecule has 0 saturated carbocycles. The molecule has 0 spiro atoms. The monoisotopic (exact) mass is 759 g/mol. The summed E-state index contributed by atoms with van der Waals surface area (Å²) in [6.07, 6.45) is 0. The van der Waals surface area contributed by atoms with E-state index >= 15 is 0 Å². The van der Waals surface area contributed by atoms with E-state index in [2.05, 4.69) is 0 Å². The Bertz CT molecular complexity index is 4720. The molecule has 12 rings (SSSR count). The Morgan fingerprint density at radius 1 is 0.448 bits per heavy atom. The average Bonchev–Trinajstić information content (AvgIpc) is 3.71. The number of hydrogen-bond acceptors (Lipinski definition) is 3. The average molecular weight is 760 g/mol. The smallest absolute Gasteiger partial charge is 0.160 e. The van der Waals surface area contributed by atoms with E-state index in [4.69, 9.17) is 30.8 Å². The standard InChI is InChI=1S/C54H33N3O/c1-2-13-36(14-3-1)54-55-47(40-23-22-34-12-4-5-15-37(34)28-40)33-48(56-54)46-30-41(32-52-53(46)44-19-9-11-21-51(44)58-52)35-24-26-42(27-25-35)57-49-20-10-8-18-43(49)45-29-38-16-6-7-17-39(38)31-50(45)57/h1-33H/i6D,7D,8D,9D,10D,11D,16D,17D,18D,19D,20D,21D,24D,25D,26D,27D,29D,30D,31D,32D. The van der Waals surface area contributed by atoms with Gasteiger partial charge in [-0.05, 0) is 93.1 Å². The van der Waals surface area contributed by atoms with Gasteiger partial charge in [0, 0.05) is 43.9 Å². The van der Waals surface area contributed by atoms with Gasteiger partial charge in [-0.25, -0.2) is 9.97 Å². The molecule has 4 nitrogen and oxygen atoms in total. The van der Waals surface area contributed by atoms with Gasteiger partial charge in [-0.2, -0.15) is 0 Å². The molecule has 3 aromatic heterocycles. The number of aromatic nitrogens is 3. The third-order valence-corrected chi connectivity index (χ3v) is 10.0. The first-order valence-corrected chi connectivity index (χ1v) is 18.0. The summed E-state index contributed by atoms with van der Waals surface area (Å²) in [6.45, 7) is 0. The van der Waals surface area contributed by atoms with Crippen molar-refractivity contribution in [2.24, 2.45) is 0 Å². The number of furan rings is 1. The van der Waals surface area contributed by atoms with E-state index in [-0.39, 0.29) is 27.9 Å². The zero-order valence-electron chi connectivity index (χ0n) is 49.8. The van der Waals surface area contributed by atoms with Gasteiger partial charge in [0.1, 0.15) is 11.2 Å². The second kappa shape index (κ2) is 12.9. The van der Waals surface area contributed by atoms with E-state index in [1.54, 1.807) is 36.4 Å². The minimum atomic E-state index is -0.935. The highest BCUT2D eigenvalue weighted by Gasteiger charge is 2.20. The van der Waals surface area contributed by atoms with E-state index in [0.717, 1.165) is 15.3 Å². The summed E-state index contributed by atoms with van der Waals surface area (Å²) in [5.41, 5.74) is -2.50. The summed E-state index contributed by atoms with van der Waals surface area (Å²) >= 11 is 0. The van der Waals surface area contributed by atoms with Crippen LogP contribution in [-0.2, 0) is 0 Å². The van der Waals surface area contributed by atoms with E-state index in [1.165, 1.54) is 0 Å². The van der Waals surface area contributed by atoms with Crippen molar-refractivity contribution in [1.29, 1.82) is 0 Å². The molecule has 0 fully saturated rings. The molecule has 3 heterocycles. The fourth-order valence-corrected chi connectivity index (χ4v) is 7.33. The van der Waals surface area contributed by atoms with Crippen molar-refractivity contribution < 1.29 is 31.8 Å². The van der Waals surface area contributed by atoms with Gasteiger partial charge in [-0.1, -0.05) is 139 Å². The third kappa shape index (κ3) is 5.23. The van der Waals surface area contributed by atoms with Gasteiger partial charge in [0.2, 0.25) is 0 Å². The maximum atomic E-state index is 10.2. The molecule has 12 aromatic rings. The highest BCUT2D eigenvalue weighted by atomic mass is 16.3. The van der Waals surface area contributed by atoms with Crippen LogP contribution < -0.4 is 0 Å². The summed E-state index contributed by atoms with van der Waals surface area (Å²) in [7, 11) is 0. The lowest BCUT2D eigenvalue weighted by molar-refractivity contribution is 0.669. The molecular weight excluding hydrogens is 707 g/mol. The SMILES string of the molecule is [2H]c1c([2H])c(-n2c3c([2H])c([2H])c([2H])c([2H])c3c3c([2H])c4c([2H])c([2H])c([2H])c([2H])c4c([2H])c32)c([2H])c([2H])c1-c1c([2H])c(-c2cc(-c3ccc4ccccc4c3)nc(-c3ccccc3)n2)c2c(oc3c([2H])c([2H])c([2H])c([2H])c32)c1[2H]. The third-order valence-electron chi connectivity index (χ3n) is 10.0. The van der Waals surface area contributed by atoms with E-state index in [0.29, 0.717) is 16.8 Å². The molecule has 9 aromatic carbocycles. The van der Waals surface area contributed by atoms with Crippen LogP contribution in [0.25, 0.3) is 116 Å². The van der Waals surface area contributed by atoms with Crippen LogP contribution in [0.5, 0.6) is 0 Å². The molecule has 270 valence electrons. The summed E-state index contributed by atoms with van der Waals surface area (Å²) in [5, 5.41) is -0.311. The first-order chi connectivity index (χ1) is 37.1. The second-order valence-corrected chi connectivity index (χ2v) is 13.4. The molecule has 0 bridgehead atoms. The van der Waals surface area contributed by atoms with Gasteiger partial charge in [-0.15, -0.1) is 0 Å². The van der Waals surface area contributed by atoms with Crippen molar-refractivity contribution in [1.82, 2.24) is 14.5 Å². The molecule has 0 N–H and O–H groups in total. The van der Waals surface area contributed by atoms with Gasteiger partial charge in [0.25, 0.3) is 0 Å². The van der Waals surface area contributed by atoms with Crippen molar-refractivity contribution in [2.45, 2.75) is 0 Å². The van der Waals surface area contributed by atoms with Gasteiger partial charge in [0.05, 0.1) is 49.8 Å². The number of benzene rings is 9. The molecule has 58 heavy (non-hydrogen) atoms. The molecule has 0 aliphatic heterocycles. The van der Waals surface area contributed by atoms with E-state index in [9.17, 15) is 11.0 Å². The van der Waals surface area contributed by atoms with Crippen molar-refractivity contribution in [2.75, 3.05) is 0 Å². The van der Waals surface area contributed by atoms with Crippen molar-refractivity contribution in [3.05, 3.63) is 200 Å². The van der Waals surface area contributed by atoms with Crippen LogP contribution in [0.4, 0.5) is 0 Å². The van der Waals surface area contributed by atoms with Crippen LogP contribution in [0.1, 0.15) is 27.4 Å². The van der Waals surface area contributed by atoms with Crippen molar-refractivity contribution >= 4 is 65.3 Å². The summed E-state index contributed by atoms with van der Waals surface area (Å²) < 4.78 is 190. The predicted molar refractivity (Wildman–Crippen MR) is 240 cm³/mol. The number of rotatable bonds is 5. The molecule has 0 atom stereocenters. The lowest BCUT2D eigenvalue weighted by Gasteiger charge is -2.13. The second-order valence-electron chi connectivity index (χ2n) is 13.4. The highest BCUT2D eigenvalue weighted by Crippen LogP contribution is 2.42. The molecule has 0 unspecified atom stereocenters. The Labute approximate surface area is 362 Å². The van der Waals surface area contributed by atoms with Crippen LogP contribution in [0, 0.1) is 0 Å². The van der Waals surface area contributed by atoms with Gasteiger partial charge < -0.3 is 8.98 Å². The number of nitrogens with zero attached hydrogens (tertiary/aromatic N) is 3. The Morgan fingerprint density at radius 3 is 2.03 bits per heavy atom. The topological polar surface area (TPSA) is 43.9 Å². The molecule has 4 heteroatoms. The minimum Gasteiger partial charge on any atom is -0.456 e. The van der Waals surface area contributed by atoms with Crippen LogP contribution in [-0.4, -0.2) is 14.5 Å². The van der Waals surface area contributed by atoms with Gasteiger partial charge >= 0.3 is 0 Å². The van der Waals surface area contributed by atoms with Gasteiger partial charge in [0.15, 0.2) is 5.82 Å². The fraction of sp³-hybridized carbons (Fsp3) is 0. The van der Waals surface area contributed by atoms with E-state index < -0.39 is 181 Å². The fourth-order valence-electron chi connectivity index (χ4n) is 7.33. The summed E-state index contributed by atoms with van der Waals surface area (Å²) in [6, 6.07) is 8.64. The highest BCUT2D eigenvalue weighted by molar-refractivity contribution is 6.15. The molecule has 0 radical (unpaired) electrons. The minimum absolute atomic E-state index is 0.0240. The first-order valence-electron chi connectivity index (χ1n) is 28.0. The molecular formula is C54H33N3O. The number of fused-ring (bicyclic) bond motifs is 8. The van der Waals surface area contributed by atoms with Crippen molar-refractivity contribution in [3.63, 3.8) is 0 Å². The Morgan fingerprint density at radius 2 is 1.17 bits per heavy atom. The Kier molecular flexibility index (Phi) is 4.09.